The Morgan fingerprint density at radius 1 is 1.19 bits per heavy atom. The van der Waals surface area contributed by atoms with Gasteiger partial charge in [0.25, 0.3) is 0 Å². The zero-order valence-corrected chi connectivity index (χ0v) is 10.6. The van der Waals surface area contributed by atoms with Crippen LogP contribution in [0.3, 0.4) is 0 Å². The molecule has 0 amide bonds. The van der Waals surface area contributed by atoms with Crippen LogP contribution in [0.1, 0.15) is 44.9 Å². The van der Waals surface area contributed by atoms with Crippen molar-refractivity contribution >= 4 is 0 Å². The summed E-state index contributed by atoms with van der Waals surface area (Å²) >= 11 is 0. The number of likely N-dealkylation sites (N-methyl/N-ethyl adjacent to an activating group) is 1. The molecule has 3 nitrogen and oxygen atoms in total. The molecule has 1 saturated carbocycles. The van der Waals surface area contributed by atoms with Gasteiger partial charge in [0.1, 0.15) is 0 Å². The maximum absolute atomic E-state index is 6.07. The molecule has 0 aromatic heterocycles. The molecule has 94 valence electrons. The van der Waals surface area contributed by atoms with Crippen LogP contribution in [0.4, 0.5) is 0 Å². The number of ether oxygens (including phenoxy) is 1. The van der Waals surface area contributed by atoms with Gasteiger partial charge in [-0.3, -0.25) is 4.90 Å². The van der Waals surface area contributed by atoms with Crippen LogP contribution in [0.15, 0.2) is 0 Å². The fourth-order valence-corrected chi connectivity index (χ4v) is 3.37. The number of nitrogens with zero attached hydrogens (tertiary/aromatic N) is 1. The average molecular weight is 226 g/mol. The molecular weight excluding hydrogens is 200 g/mol. The van der Waals surface area contributed by atoms with E-state index in [0.29, 0.717) is 11.6 Å². The lowest BCUT2D eigenvalue weighted by Crippen LogP contribution is -2.57. The molecule has 1 aliphatic carbocycles. The summed E-state index contributed by atoms with van der Waals surface area (Å²) < 4.78 is 5.45. The normalized spacial score (nSPS) is 27.2. The van der Waals surface area contributed by atoms with Crippen molar-refractivity contribution in [2.45, 2.75) is 56.5 Å². The van der Waals surface area contributed by atoms with E-state index in [0.717, 1.165) is 19.8 Å². The molecule has 1 aliphatic heterocycles. The standard InChI is InChI=1S/C13H26N2O/c1-15(12-5-9-16-10-6-12)13(11-14)7-3-2-4-8-13/h12H,2-11,14H2,1H3. The van der Waals surface area contributed by atoms with Gasteiger partial charge in [-0.25, -0.2) is 0 Å². The van der Waals surface area contributed by atoms with E-state index < -0.39 is 0 Å². The van der Waals surface area contributed by atoms with Crippen molar-refractivity contribution in [3.05, 3.63) is 0 Å². The van der Waals surface area contributed by atoms with Crippen molar-refractivity contribution in [3.8, 4) is 0 Å². The monoisotopic (exact) mass is 226 g/mol. The Hall–Kier alpha value is -0.120. The molecule has 2 N–H and O–H groups in total. The predicted octanol–water partition coefficient (Wildman–Crippen LogP) is 1.76. The summed E-state index contributed by atoms with van der Waals surface area (Å²) in [5.41, 5.74) is 6.36. The lowest BCUT2D eigenvalue weighted by Gasteiger charge is -2.48. The van der Waals surface area contributed by atoms with E-state index in [4.69, 9.17) is 10.5 Å². The lowest BCUT2D eigenvalue weighted by atomic mass is 9.79. The van der Waals surface area contributed by atoms with Gasteiger partial charge in [0.05, 0.1) is 0 Å². The molecule has 1 heterocycles. The number of nitrogens with two attached hydrogens (primary N) is 1. The summed E-state index contributed by atoms with van der Waals surface area (Å²) in [6, 6.07) is 0.690. The van der Waals surface area contributed by atoms with E-state index in [1.807, 2.05) is 0 Å². The van der Waals surface area contributed by atoms with Crippen molar-refractivity contribution in [2.75, 3.05) is 26.8 Å². The molecule has 0 atom stereocenters. The first-order valence-corrected chi connectivity index (χ1v) is 6.79. The van der Waals surface area contributed by atoms with Crippen LogP contribution < -0.4 is 5.73 Å². The van der Waals surface area contributed by atoms with Gasteiger partial charge in [0.2, 0.25) is 0 Å². The molecule has 2 rings (SSSR count). The Kier molecular flexibility index (Phi) is 4.22. The second kappa shape index (κ2) is 5.48. The Balaban J connectivity index is 2.00. The first kappa shape index (κ1) is 12.3. The summed E-state index contributed by atoms with van der Waals surface area (Å²) in [7, 11) is 2.29. The second-order valence-corrected chi connectivity index (χ2v) is 5.44. The van der Waals surface area contributed by atoms with Gasteiger partial charge < -0.3 is 10.5 Å². The second-order valence-electron chi connectivity index (χ2n) is 5.44. The molecule has 0 radical (unpaired) electrons. The van der Waals surface area contributed by atoms with Crippen LogP contribution >= 0.6 is 0 Å². The van der Waals surface area contributed by atoms with Gasteiger partial charge in [0, 0.05) is 31.3 Å². The predicted molar refractivity (Wildman–Crippen MR) is 66.5 cm³/mol. The highest BCUT2D eigenvalue weighted by atomic mass is 16.5. The van der Waals surface area contributed by atoms with E-state index in [9.17, 15) is 0 Å². The maximum atomic E-state index is 6.07. The SMILES string of the molecule is CN(C1CCOCC1)C1(CN)CCCCC1. The van der Waals surface area contributed by atoms with E-state index >= 15 is 0 Å². The van der Waals surface area contributed by atoms with Crippen LogP contribution in [0, 0.1) is 0 Å². The van der Waals surface area contributed by atoms with Crippen molar-refractivity contribution in [3.63, 3.8) is 0 Å². The summed E-state index contributed by atoms with van der Waals surface area (Å²) in [5, 5.41) is 0. The maximum Gasteiger partial charge on any atom is 0.0480 e. The molecule has 1 saturated heterocycles. The van der Waals surface area contributed by atoms with Gasteiger partial charge in [-0.15, -0.1) is 0 Å². The molecule has 0 unspecified atom stereocenters. The van der Waals surface area contributed by atoms with Crippen LogP contribution in [0.2, 0.25) is 0 Å². The van der Waals surface area contributed by atoms with E-state index in [-0.39, 0.29) is 0 Å². The minimum absolute atomic E-state index is 0.292. The first-order chi connectivity index (χ1) is 7.78. The fraction of sp³-hybridized carbons (Fsp3) is 1.00. The van der Waals surface area contributed by atoms with E-state index in [1.54, 1.807) is 0 Å². The van der Waals surface area contributed by atoms with Gasteiger partial charge in [-0.2, -0.15) is 0 Å². The van der Waals surface area contributed by atoms with Gasteiger partial charge in [0.15, 0.2) is 0 Å². The largest absolute Gasteiger partial charge is 0.381 e. The zero-order chi connectivity index (χ0) is 11.4. The molecule has 3 heteroatoms. The molecule has 0 aromatic carbocycles. The summed E-state index contributed by atoms with van der Waals surface area (Å²) in [6.45, 7) is 2.67. The summed E-state index contributed by atoms with van der Waals surface area (Å²) in [6.07, 6.45) is 9.03. The topological polar surface area (TPSA) is 38.5 Å². The van der Waals surface area contributed by atoms with Crippen molar-refractivity contribution in [2.24, 2.45) is 5.73 Å². The molecular formula is C13H26N2O. The van der Waals surface area contributed by atoms with Gasteiger partial charge in [-0.1, -0.05) is 19.3 Å². The van der Waals surface area contributed by atoms with Crippen LogP contribution in [-0.2, 0) is 4.74 Å². The number of rotatable bonds is 3. The highest BCUT2D eigenvalue weighted by Crippen LogP contribution is 2.34. The molecule has 0 bridgehead atoms. The third kappa shape index (κ3) is 2.41. The Morgan fingerprint density at radius 3 is 2.38 bits per heavy atom. The van der Waals surface area contributed by atoms with Crippen molar-refractivity contribution < 1.29 is 4.74 Å². The summed E-state index contributed by atoms with van der Waals surface area (Å²) in [5.74, 6) is 0. The molecule has 2 fully saturated rings. The highest BCUT2D eigenvalue weighted by Gasteiger charge is 2.38. The van der Waals surface area contributed by atoms with Crippen molar-refractivity contribution in [1.82, 2.24) is 4.90 Å². The van der Waals surface area contributed by atoms with Gasteiger partial charge >= 0.3 is 0 Å². The van der Waals surface area contributed by atoms with Crippen LogP contribution in [0.25, 0.3) is 0 Å². The Morgan fingerprint density at radius 2 is 1.81 bits per heavy atom. The summed E-state index contributed by atoms with van der Waals surface area (Å²) in [4.78, 5) is 2.59. The molecule has 2 aliphatic rings. The number of hydrogen-bond donors (Lipinski definition) is 1. The minimum atomic E-state index is 0.292. The quantitative estimate of drug-likeness (QED) is 0.797. The molecule has 16 heavy (non-hydrogen) atoms. The zero-order valence-electron chi connectivity index (χ0n) is 10.6. The molecule has 0 aromatic rings. The van der Waals surface area contributed by atoms with E-state index in [1.165, 1.54) is 44.9 Å². The molecule has 0 spiro atoms. The Bertz CT molecular complexity index is 208. The average Bonchev–Trinajstić information content (AvgIpc) is 2.39. The minimum Gasteiger partial charge on any atom is -0.381 e. The highest BCUT2D eigenvalue weighted by molar-refractivity contribution is 4.95. The fourth-order valence-electron chi connectivity index (χ4n) is 3.37. The van der Waals surface area contributed by atoms with Gasteiger partial charge in [-0.05, 0) is 32.7 Å². The van der Waals surface area contributed by atoms with Crippen LogP contribution in [0.5, 0.6) is 0 Å². The number of hydrogen-bond acceptors (Lipinski definition) is 3. The van der Waals surface area contributed by atoms with Crippen molar-refractivity contribution in [1.29, 1.82) is 0 Å². The van der Waals surface area contributed by atoms with E-state index in [2.05, 4.69) is 11.9 Å². The smallest absolute Gasteiger partial charge is 0.0480 e. The first-order valence-electron chi connectivity index (χ1n) is 6.79. The third-order valence-corrected chi connectivity index (χ3v) is 4.65. The lowest BCUT2D eigenvalue weighted by molar-refractivity contribution is -0.0158. The Labute approximate surface area is 99.3 Å². The third-order valence-electron chi connectivity index (χ3n) is 4.65. The van der Waals surface area contributed by atoms with Crippen LogP contribution in [-0.4, -0.2) is 43.3 Å².